The first-order valence-electron chi connectivity index (χ1n) is 10.5. The van der Waals surface area contributed by atoms with Crippen molar-refractivity contribution in [2.24, 2.45) is 0 Å². The van der Waals surface area contributed by atoms with Crippen LogP contribution in [0.1, 0.15) is 30.0 Å². The highest BCUT2D eigenvalue weighted by molar-refractivity contribution is 5.82. The van der Waals surface area contributed by atoms with Crippen LogP contribution in [-0.2, 0) is 19.1 Å². The minimum atomic E-state index is -4.40. The molecule has 0 atom stereocenters. The molecule has 9 heteroatoms. The fourth-order valence-electron chi connectivity index (χ4n) is 4.06. The lowest BCUT2D eigenvalue weighted by Crippen LogP contribution is -2.31. The molecule has 3 aromatic rings. The van der Waals surface area contributed by atoms with Gasteiger partial charge in [0.25, 0.3) is 0 Å². The third kappa shape index (κ3) is 4.72. The summed E-state index contributed by atoms with van der Waals surface area (Å²) in [5.41, 5.74) is 0.731. The number of aromatic nitrogens is 1. The zero-order valence-corrected chi connectivity index (χ0v) is 17.7. The molecule has 1 saturated heterocycles. The summed E-state index contributed by atoms with van der Waals surface area (Å²) in [5, 5.41) is 10.9. The highest BCUT2D eigenvalue weighted by atomic mass is 19.4. The second-order valence-corrected chi connectivity index (χ2v) is 7.94. The van der Waals surface area contributed by atoms with Crippen LogP contribution in [-0.4, -0.2) is 41.2 Å². The molecule has 0 radical (unpaired) electrons. The number of alkyl halides is 3. The van der Waals surface area contributed by atoms with E-state index in [1.807, 2.05) is 17.9 Å². The molecule has 1 aliphatic heterocycles. The number of fused-ring (bicyclic) bond motifs is 1. The number of rotatable bonds is 4. The molecule has 0 aliphatic carbocycles. The van der Waals surface area contributed by atoms with E-state index in [1.165, 1.54) is 18.2 Å². The van der Waals surface area contributed by atoms with Crippen LogP contribution in [0.2, 0.25) is 0 Å². The van der Waals surface area contributed by atoms with Crippen molar-refractivity contribution in [3.63, 3.8) is 0 Å². The summed E-state index contributed by atoms with van der Waals surface area (Å²) >= 11 is 0. The van der Waals surface area contributed by atoms with Crippen molar-refractivity contribution in [1.82, 2.24) is 9.88 Å². The number of aryl methyl sites for hydroxylation is 1. The van der Waals surface area contributed by atoms with Gasteiger partial charge in [-0.05, 0) is 42.2 Å². The third-order valence-corrected chi connectivity index (χ3v) is 5.79. The molecule has 6 nitrogen and oxygen atoms in total. The topological polar surface area (TPSA) is 69.8 Å². The number of halogens is 3. The van der Waals surface area contributed by atoms with Gasteiger partial charge in [-0.3, -0.25) is 4.90 Å². The maximum atomic E-state index is 12.8. The highest BCUT2D eigenvalue weighted by Crippen LogP contribution is 2.30. The monoisotopic (exact) mass is 447 g/mol. The van der Waals surface area contributed by atoms with Gasteiger partial charge in [-0.25, -0.2) is 9.78 Å². The smallest absolute Gasteiger partial charge is 0.417 e. The molecule has 170 valence electrons. The van der Waals surface area contributed by atoms with E-state index >= 15 is 0 Å². The Hall–Kier alpha value is -3.07. The summed E-state index contributed by atoms with van der Waals surface area (Å²) in [6.07, 6.45) is -2.07. The van der Waals surface area contributed by atoms with Crippen LogP contribution in [0.25, 0.3) is 11.0 Å². The number of hydrogen-bond acceptors (Lipinski definition) is 6. The van der Waals surface area contributed by atoms with Gasteiger partial charge in [-0.15, -0.1) is 0 Å². The first kappa shape index (κ1) is 22.1. The van der Waals surface area contributed by atoms with Crippen molar-refractivity contribution in [1.29, 1.82) is 0 Å². The Morgan fingerprint density at radius 2 is 1.91 bits per heavy atom. The Morgan fingerprint density at radius 3 is 2.59 bits per heavy atom. The number of benzene rings is 1. The Balaban J connectivity index is 1.51. The molecule has 1 aliphatic rings. The van der Waals surface area contributed by atoms with Gasteiger partial charge in [0.1, 0.15) is 17.2 Å². The van der Waals surface area contributed by atoms with Crippen molar-refractivity contribution >= 4 is 16.8 Å². The first-order valence-corrected chi connectivity index (χ1v) is 10.5. The lowest BCUT2D eigenvalue weighted by molar-refractivity contribution is -0.137. The van der Waals surface area contributed by atoms with Gasteiger partial charge in [-0.2, -0.15) is 13.2 Å². The van der Waals surface area contributed by atoms with Crippen LogP contribution in [0.5, 0.6) is 5.75 Å². The lowest BCUT2D eigenvalue weighted by Gasteiger charge is -2.23. The van der Waals surface area contributed by atoms with Crippen LogP contribution in [0.15, 0.2) is 45.7 Å². The predicted octanol–water partition coefficient (Wildman–Crippen LogP) is 4.19. The van der Waals surface area contributed by atoms with E-state index in [4.69, 9.17) is 4.42 Å². The van der Waals surface area contributed by atoms with Crippen LogP contribution < -0.4 is 10.5 Å². The van der Waals surface area contributed by atoms with Gasteiger partial charge >= 0.3 is 11.8 Å². The van der Waals surface area contributed by atoms with Gasteiger partial charge < -0.3 is 14.4 Å². The molecule has 32 heavy (non-hydrogen) atoms. The number of hydrogen-bond donors (Lipinski definition) is 1. The van der Waals surface area contributed by atoms with E-state index in [0.29, 0.717) is 44.0 Å². The third-order valence-electron chi connectivity index (χ3n) is 5.79. The van der Waals surface area contributed by atoms with Crippen LogP contribution >= 0.6 is 0 Å². The number of phenolic OH excluding ortho intramolecular Hbond substituents is 1. The maximum absolute atomic E-state index is 12.8. The van der Waals surface area contributed by atoms with Crippen LogP contribution in [0.3, 0.4) is 0 Å². The summed E-state index contributed by atoms with van der Waals surface area (Å²) in [6.45, 7) is 5.21. The summed E-state index contributed by atoms with van der Waals surface area (Å²) in [6, 6.07) is 7.30. The van der Waals surface area contributed by atoms with Gasteiger partial charge in [0, 0.05) is 56.4 Å². The minimum absolute atomic E-state index is 0.106. The summed E-state index contributed by atoms with van der Waals surface area (Å²) in [7, 11) is 0. The Bertz CT molecular complexity index is 1160. The SMILES string of the molecule is CCc1cc2c(CN3CCCN(c4ccc(C(F)(F)F)cn4)CC3)cc(=O)oc2cc1O. The second kappa shape index (κ2) is 8.82. The fraction of sp³-hybridized carbons (Fsp3) is 0.391. The molecule has 0 amide bonds. The zero-order chi connectivity index (χ0) is 22.9. The molecular weight excluding hydrogens is 423 g/mol. The summed E-state index contributed by atoms with van der Waals surface area (Å²) < 4.78 is 43.6. The summed E-state index contributed by atoms with van der Waals surface area (Å²) in [4.78, 5) is 20.2. The first-order chi connectivity index (χ1) is 15.2. The van der Waals surface area contributed by atoms with Crippen molar-refractivity contribution < 1.29 is 22.7 Å². The Morgan fingerprint density at radius 1 is 1.09 bits per heavy atom. The van der Waals surface area contributed by atoms with E-state index in [9.17, 15) is 23.1 Å². The molecule has 1 aromatic carbocycles. The van der Waals surface area contributed by atoms with E-state index in [2.05, 4.69) is 9.88 Å². The molecular formula is C23H24F3N3O3. The number of aromatic hydroxyl groups is 1. The molecule has 0 saturated carbocycles. The standard InChI is InChI=1S/C23H24F3N3O3/c1-2-15-10-18-16(11-22(31)32-20(18)12-19(15)30)14-28-6-3-7-29(9-8-28)21-5-4-17(13-27-21)23(24,25)26/h4-5,10-13,30H,2-3,6-9,14H2,1H3. The normalized spacial score (nSPS) is 15.8. The predicted molar refractivity (Wildman–Crippen MR) is 115 cm³/mol. The van der Waals surface area contributed by atoms with Crippen LogP contribution in [0.4, 0.5) is 19.0 Å². The summed E-state index contributed by atoms with van der Waals surface area (Å²) in [5.74, 6) is 0.628. The van der Waals surface area contributed by atoms with E-state index in [-0.39, 0.29) is 5.75 Å². The van der Waals surface area contributed by atoms with Crippen molar-refractivity contribution in [2.75, 3.05) is 31.1 Å². The molecule has 2 aromatic heterocycles. The Kier molecular flexibility index (Phi) is 6.10. The molecule has 0 bridgehead atoms. The van der Waals surface area contributed by atoms with E-state index in [0.717, 1.165) is 41.7 Å². The molecule has 0 spiro atoms. The number of anilines is 1. The van der Waals surface area contributed by atoms with Gasteiger partial charge in [-0.1, -0.05) is 6.92 Å². The molecule has 3 heterocycles. The lowest BCUT2D eigenvalue weighted by atomic mass is 10.0. The maximum Gasteiger partial charge on any atom is 0.417 e. The quantitative estimate of drug-likeness (QED) is 0.605. The van der Waals surface area contributed by atoms with E-state index < -0.39 is 17.4 Å². The van der Waals surface area contributed by atoms with Gasteiger partial charge in [0.05, 0.1) is 5.56 Å². The van der Waals surface area contributed by atoms with Crippen molar-refractivity contribution in [3.05, 3.63) is 63.6 Å². The molecule has 0 unspecified atom stereocenters. The van der Waals surface area contributed by atoms with Crippen molar-refractivity contribution in [2.45, 2.75) is 32.5 Å². The zero-order valence-electron chi connectivity index (χ0n) is 17.7. The van der Waals surface area contributed by atoms with Crippen molar-refractivity contribution in [3.8, 4) is 5.75 Å². The number of nitrogens with zero attached hydrogens (tertiary/aromatic N) is 3. The molecule has 4 rings (SSSR count). The highest BCUT2D eigenvalue weighted by Gasteiger charge is 2.31. The average Bonchev–Trinajstić information content (AvgIpc) is 2.98. The number of pyridine rings is 1. The minimum Gasteiger partial charge on any atom is -0.508 e. The molecule has 1 fully saturated rings. The average molecular weight is 447 g/mol. The largest absolute Gasteiger partial charge is 0.508 e. The van der Waals surface area contributed by atoms with Gasteiger partial charge in [0.15, 0.2) is 0 Å². The van der Waals surface area contributed by atoms with E-state index in [1.54, 1.807) is 0 Å². The van der Waals surface area contributed by atoms with Gasteiger partial charge in [0.2, 0.25) is 0 Å². The number of phenols is 1. The molecule has 1 N–H and O–H groups in total. The van der Waals surface area contributed by atoms with Crippen LogP contribution in [0, 0.1) is 0 Å². The second-order valence-electron chi connectivity index (χ2n) is 7.94. The Labute approximate surface area is 182 Å². The fourth-order valence-corrected chi connectivity index (χ4v) is 4.06.